The number of nitrogens with zero attached hydrogens (tertiary/aromatic N) is 1. The van der Waals surface area contributed by atoms with E-state index in [0.29, 0.717) is 0 Å². The quantitative estimate of drug-likeness (QED) is 0.472. The molecule has 0 atom stereocenters. The van der Waals surface area contributed by atoms with Crippen LogP contribution >= 0.6 is 0 Å². The lowest BCUT2D eigenvalue weighted by molar-refractivity contribution is -0.384. The zero-order valence-electron chi connectivity index (χ0n) is 7.41. The minimum absolute atomic E-state index is 0.147. The molecular weight excluding hydrogens is 213 g/mol. The van der Waals surface area contributed by atoms with Crippen molar-refractivity contribution in [3.05, 3.63) is 33.9 Å². The molecule has 4 nitrogen and oxygen atoms in total. The van der Waals surface area contributed by atoms with Crippen molar-refractivity contribution in [3.63, 3.8) is 0 Å². The fourth-order valence-corrected chi connectivity index (χ4v) is 1.09. The number of hydrogen-bond donors (Lipinski definition) is 1. The zero-order valence-corrected chi connectivity index (χ0v) is 7.41. The Morgan fingerprint density at radius 3 is 2.47 bits per heavy atom. The molecule has 1 rings (SSSR count). The van der Waals surface area contributed by atoms with Crippen LogP contribution in [0.25, 0.3) is 0 Å². The molecule has 1 aromatic rings. The maximum atomic E-state index is 12.0. The smallest absolute Gasteiger partial charge is 0.393 e. The minimum atomic E-state index is -4.38. The van der Waals surface area contributed by atoms with E-state index in [2.05, 4.69) is 0 Å². The lowest BCUT2D eigenvalue weighted by Gasteiger charge is -2.06. The average Bonchev–Trinajstić information content (AvgIpc) is 2.05. The van der Waals surface area contributed by atoms with Crippen molar-refractivity contribution in [3.8, 4) is 0 Å². The number of alkyl halides is 3. The number of rotatable bonds is 2. The van der Waals surface area contributed by atoms with Gasteiger partial charge in [0, 0.05) is 6.07 Å². The van der Waals surface area contributed by atoms with Crippen LogP contribution in [-0.4, -0.2) is 11.1 Å². The second-order valence-electron chi connectivity index (χ2n) is 2.94. The third kappa shape index (κ3) is 3.12. The van der Waals surface area contributed by atoms with Gasteiger partial charge in [-0.3, -0.25) is 10.1 Å². The van der Waals surface area contributed by atoms with E-state index in [-0.39, 0.29) is 11.3 Å². The van der Waals surface area contributed by atoms with Crippen LogP contribution < -0.4 is 5.73 Å². The largest absolute Gasteiger partial charge is 0.393 e. The van der Waals surface area contributed by atoms with Gasteiger partial charge in [0.25, 0.3) is 5.69 Å². The van der Waals surface area contributed by atoms with E-state index in [1.54, 1.807) is 0 Å². The number of nitrogen functional groups attached to an aromatic ring is 1. The van der Waals surface area contributed by atoms with Gasteiger partial charge in [0.05, 0.1) is 11.3 Å². The molecule has 0 fully saturated rings. The highest BCUT2D eigenvalue weighted by molar-refractivity contribution is 5.59. The first-order valence-corrected chi connectivity index (χ1v) is 3.89. The summed E-state index contributed by atoms with van der Waals surface area (Å²) < 4.78 is 35.9. The molecule has 0 aliphatic rings. The molecule has 0 radical (unpaired) electrons. The molecule has 0 heterocycles. The Kier molecular flexibility index (Phi) is 2.83. The Hall–Kier alpha value is -1.79. The maximum Gasteiger partial charge on any atom is 0.393 e. The first-order chi connectivity index (χ1) is 6.79. The van der Waals surface area contributed by atoms with E-state index in [9.17, 15) is 23.3 Å². The monoisotopic (exact) mass is 220 g/mol. The summed E-state index contributed by atoms with van der Waals surface area (Å²) in [6, 6.07) is 3.05. The normalized spacial score (nSPS) is 11.4. The molecule has 0 bridgehead atoms. The first kappa shape index (κ1) is 11.3. The highest BCUT2D eigenvalue weighted by atomic mass is 19.4. The van der Waals surface area contributed by atoms with E-state index >= 15 is 0 Å². The zero-order chi connectivity index (χ0) is 11.6. The average molecular weight is 220 g/mol. The summed E-state index contributed by atoms with van der Waals surface area (Å²) in [6.07, 6.45) is -5.59. The molecule has 82 valence electrons. The molecule has 0 amide bonds. The summed E-state index contributed by atoms with van der Waals surface area (Å²) in [4.78, 5) is 9.57. The topological polar surface area (TPSA) is 69.2 Å². The van der Waals surface area contributed by atoms with E-state index in [1.807, 2.05) is 0 Å². The van der Waals surface area contributed by atoms with Crippen LogP contribution in [0.3, 0.4) is 0 Å². The molecule has 7 heteroatoms. The van der Waals surface area contributed by atoms with Gasteiger partial charge in [-0.2, -0.15) is 13.2 Å². The summed E-state index contributed by atoms with van der Waals surface area (Å²) in [5.74, 6) is 0. The number of nitro benzene ring substituents is 1. The molecule has 0 aliphatic carbocycles. The molecule has 0 aliphatic heterocycles. The Bertz CT molecular complexity index is 390. The van der Waals surface area contributed by atoms with Gasteiger partial charge in [-0.25, -0.2) is 0 Å². The molecule has 0 unspecified atom stereocenters. The molecule has 0 spiro atoms. The van der Waals surface area contributed by atoms with Gasteiger partial charge < -0.3 is 5.73 Å². The lowest BCUT2D eigenvalue weighted by atomic mass is 10.1. The van der Waals surface area contributed by atoms with Gasteiger partial charge in [-0.05, 0) is 11.6 Å². The molecule has 0 saturated heterocycles. The van der Waals surface area contributed by atoms with E-state index < -0.39 is 23.2 Å². The van der Waals surface area contributed by atoms with Crippen molar-refractivity contribution in [1.29, 1.82) is 0 Å². The number of hydrogen-bond acceptors (Lipinski definition) is 3. The molecule has 2 N–H and O–H groups in total. The summed E-state index contributed by atoms with van der Waals surface area (Å²) >= 11 is 0. The van der Waals surface area contributed by atoms with Gasteiger partial charge in [0.15, 0.2) is 0 Å². The van der Waals surface area contributed by atoms with Crippen LogP contribution in [0.2, 0.25) is 0 Å². The Labute approximate surface area is 82.7 Å². The molecule has 1 aromatic carbocycles. The van der Waals surface area contributed by atoms with Crippen LogP contribution in [-0.2, 0) is 6.42 Å². The van der Waals surface area contributed by atoms with E-state index in [0.717, 1.165) is 18.2 Å². The fourth-order valence-electron chi connectivity index (χ4n) is 1.09. The van der Waals surface area contributed by atoms with Gasteiger partial charge in [0.2, 0.25) is 0 Å². The van der Waals surface area contributed by atoms with Crippen molar-refractivity contribution >= 4 is 11.4 Å². The number of halogens is 3. The Balaban J connectivity index is 3.03. The number of benzene rings is 1. The van der Waals surface area contributed by atoms with Crippen LogP contribution in [0.5, 0.6) is 0 Å². The first-order valence-electron chi connectivity index (χ1n) is 3.89. The summed E-state index contributed by atoms with van der Waals surface area (Å²) in [6.45, 7) is 0. The number of nitrogens with two attached hydrogens (primary N) is 1. The Morgan fingerprint density at radius 1 is 1.40 bits per heavy atom. The van der Waals surface area contributed by atoms with Gasteiger partial charge in [0.1, 0.15) is 5.69 Å². The van der Waals surface area contributed by atoms with Crippen LogP contribution in [0.15, 0.2) is 18.2 Å². The minimum Gasteiger partial charge on any atom is -0.393 e. The fraction of sp³-hybridized carbons (Fsp3) is 0.250. The maximum absolute atomic E-state index is 12.0. The highest BCUT2D eigenvalue weighted by Crippen LogP contribution is 2.27. The third-order valence-electron chi connectivity index (χ3n) is 1.70. The predicted octanol–water partition coefficient (Wildman–Crippen LogP) is 2.28. The van der Waals surface area contributed by atoms with Crippen LogP contribution in [0.1, 0.15) is 5.56 Å². The van der Waals surface area contributed by atoms with Gasteiger partial charge in [-0.1, -0.05) is 6.07 Å². The number of anilines is 1. The molecule has 0 saturated carbocycles. The van der Waals surface area contributed by atoms with Gasteiger partial charge in [-0.15, -0.1) is 0 Å². The van der Waals surface area contributed by atoms with Crippen molar-refractivity contribution in [2.24, 2.45) is 0 Å². The summed E-state index contributed by atoms with van der Waals surface area (Å²) in [5, 5.41) is 10.4. The predicted molar refractivity (Wildman–Crippen MR) is 47.3 cm³/mol. The molecular formula is C8H7F3N2O2. The lowest BCUT2D eigenvalue weighted by Crippen LogP contribution is -2.11. The third-order valence-corrected chi connectivity index (χ3v) is 1.70. The van der Waals surface area contributed by atoms with E-state index in [1.165, 1.54) is 0 Å². The standard InChI is InChI=1S/C8H7F3N2O2/c9-8(10,11)4-5-1-2-6(12)7(3-5)13(14)15/h1-3H,4,12H2. The van der Waals surface area contributed by atoms with Crippen molar-refractivity contribution in [1.82, 2.24) is 0 Å². The molecule has 15 heavy (non-hydrogen) atoms. The summed E-state index contributed by atoms with van der Waals surface area (Å²) in [7, 11) is 0. The van der Waals surface area contributed by atoms with Gasteiger partial charge >= 0.3 is 6.18 Å². The molecule has 0 aromatic heterocycles. The highest BCUT2D eigenvalue weighted by Gasteiger charge is 2.28. The second kappa shape index (κ2) is 3.76. The number of nitro groups is 1. The Morgan fingerprint density at radius 2 is 2.00 bits per heavy atom. The van der Waals surface area contributed by atoms with Crippen molar-refractivity contribution in [2.75, 3.05) is 5.73 Å². The second-order valence-corrected chi connectivity index (χ2v) is 2.94. The summed E-state index contributed by atoms with van der Waals surface area (Å²) in [5.41, 5.74) is 4.40. The van der Waals surface area contributed by atoms with Crippen molar-refractivity contribution < 1.29 is 18.1 Å². The van der Waals surface area contributed by atoms with Crippen LogP contribution in [0.4, 0.5) is 24.5 Å². The van der Waals surface area contributed by atoms with Crippen LogP contribution in [0, 0.1) is 10.1 Å². The van der Waals surface area contributed by atoms with E-state index in [4.69, 9.17) is 5.73 Å². The SMILES string of the molecule is Nc1ccc(CC(F)(F)F)cc1[N+](=O)[O-]. The van der Waals surface area contributed by atoms with Crippen molar-refractivity contribution in [2.45, 2.75) is 12.6 Å².